The standard InChI is InChI=1S/C10H17N2O13P3/c1-5(13)7-4-12(10(15)11-7)6-2-8(14)9(3-6)23-27(19,20)25-28(21,22)24-26(16,17)18/h4,6,8-9,14H,2-3H2,1H3,(H,11,15)(H,19,20)(H,21,22)(H2,16,17,18). The number of nitrogens with zero attached hydrogens (tertiary/aromatic N) is 1. The molecule has 15 nitrogen and oxygen atoms in total. The van der Waals surface area contributed by atoms with E-state index in [4.69, 9.17) is 14.7 Å². The summed E-state index contributed by atoms with van der Waals surface area (Å²) in [5.74, 6) is -0.417. The molecule has 0 aliphatic heterocycles. The molecule has 28 heavy (non-hydrogen) atoms. The van der Waals surface area contributed by atoms with E-state index in [-0.39, 0.29) is 18.5 Å². The third-order valence-electron chi connectivity index (χ3n) is 3.65. The second kappa shape index (κ2) is 8.05. The van der Waals surface area contributed by atoms with Gasteiger partial charge in [-0.15, -0.1) is 0 Å². The first-order valence-electron chi connectivity index (χ1n) is 7.41. The fraction of sp³-hybridized carbons (Fsp3) is 0.600. The van der Waals surface area contributed by atoms with E-state index in [2.05, 4.69) is 18.1 Å². The van der Waals surface area contributed by atoms with E-state index in [9.17, 15) is 33.3 Å². The quantitative estimate of drug-likeness (QED) is 0.215. The Morgan fingerprint density at radius 2 is 1.75 bits per heavy atom. The normalized spacial score (nSPS) is 27.3. The van der Waals surface area contributed by atoms with Gasteiger partial charge in [-0.1, -0.05) is 0 Å². The largest absolute Gasteiger partial charge is 0.490 e. The SMILES string of the molecule is CC(=O)c1cn(C2CC(O)C(OP(=O)(O)OP(=O)(O)OP(=O)(O)O)C2)c(=O)[nH]1. The average molecular weight is 466 g/mol. The third kappa shape index (κ3) is 6.28. The molecule has 0 bridgehead atoms. The summed E-state index contributed by atoms with van der Waals surface area (Å²) in [5, 5.41) is 9.98. The van der Waals surface area contributed by atoms with Crippen LogP contribution < -0.4 is 5.69 Å². The second-order valence-electron chi connectivity index (χ2n) is 5.86. The number of hydrogen-bond acceptors (Lipinski definition) is 9. The number of carbonyl (C=O) groups is 1. The van der Waals surface area contributed by atoms with Crippen molar-refractivity contribution in [3.05, 3.63) is 22.4 Å². The van der Waals surface area contributed by atoms with Crippen LogP contribution in [-0.4, -0.2) is 52.2 Å². The number of hydrogen-bond donors (Lipinski definition) is 6. The van der Waals surface area contributed by atoms with E-state index in [1.54, 1.807) is 0 Å². The Kier molecular flexibility index (Phi) is 6.71. The van der Waals surface area contributed by atoms with Crippen LogP contribution in [0.5, 0.6) is 0 Å². The number of carbonyl (C=O) groups excluding carboxylic acids is 1. The summed E-state index contributed by atoms with van der Waals surface area (Å²) in [6.45, 7) is 1.22. The smallest absolute Gasteiger partial charge is 0.390 e. The van der Waals surface area contributed by atoms with E-state index in [1.807, 2.05) is 0 Å². The van der Waals surface area contributed by atoms with Gasteiger partial charge in [0.25, 0.3) is 0 Å². The van der Waals surface area contributed by atoms with Crippen molar-refractivity contribution >= 4 is 29.3 Å². The number of aliphatic hydroxyl groups excluding tert-OH is 1. The lowest BCUT2D eigenvalue weighted by molar-refractivity contribution is 0.0379. The van der Waals surface area contributed by atoms with Gasteiger partial charge in [-0.3, -0.25) is 13.9 Å². The number of aromatic amines is 1. The lowest BCUT2D eigenvalue weighted by Gasteiger charge is -2.20. The van der Waals surface area contributed by atoms with Crippen LogP contribution >= 0.6 is 23.5 Å². The molecule has 2 rings (SSSR count). The number of aliphatic hydroxyl groups is 1. The van der Waals surface area contributed by atoms with Gasteiger partial charge in [0.2, 0.25) is 0 Å². The number of aromatic nitrogens is 2. The van der Waals surface area contributed by atoms with Gasteiger partial charge in [0, 0.05) is 19.2 Å². The zero-order chi connectivity index (χ0) is 21.5. The highest BCUT2D eigenvalue weighted by Crippen LogP contribution is 2.67. The molecule has 5 unspecified atom stereocenters. The maximum absolute atomic E-state index is 11.9. The van der Waals surface area contributed by atoms with Crippen molar-refractivity contribution < 1.29 is 56.3 Å². The van der Waals surface area contributed by atoms with Crippen molar-refractivity contribution in [2.45, 2.75) is 38.0 Å². The number of nitrogens with one attached hydrogen (secondary N) is 1. The first-order valence-corrected chi connectivity index (χ1v) is 11.9. The van der Waals surface area contributed by atoms with Crippen LogP contribution in [-0.2, 0) is 26.8 Å². The lowest BCUT2D eigenvalue weighted by atomic mass is 10.2. The number of ketones is 1. The van der Waals surface area contributed by atoms with Crippen LogP contribution in [0.1, 0.15) is 36.3 Å². The summed E-state index contributed by atoms with van der Waals surface area (Å²) in [4.78, 5) is 61.1. The van der Waals surface area contributed by atoms with Gasteiger partial charge in [0.1, 0.15) is 5.69 Å². The Morgan fingerprint density at radius 3 is 2.25 bits per heavy atom. The number of H-pyrrole nitrogens is 1. The molecule has 1 aliphatic carbocycles. The highest BCUT2D eigenvalue weighted by atomic mass is 31.3. The molecule has 1 saturated carbocycles. The van der Waals surface area contributed by atoms with Gasteiger partial charge < -0.3 is 29.7 Å². The van der Waals surface area contributed by atoms with Gasteiger partial charge in [-0.05, 0) is 12.8 Å². The Balaban J connectivity index is 2.09. The molecule has 1 aromatic rings. The molecule has 5 atom stereocenters. The molecule has 0 radical (unpaired) electrons. The minimum absolute atomic E-state index is 0.0100. The molecule has 0 spiro atoms. The number of phosphoric acid groups is 3. The van der Waals surface area contributed by atoms with Crippen LogP contribution in [0.25, 0.3) is 0 Å². The van der Waals surface area contributed by atoms with Crippen LogP contribution in [0.15, 0.2) is 11.0 Å². The van der Waals surface area contributed by atoms with Gasteiger partial charge in [-0.25, -0.2) is 18.5 Å². The predicted octanol–water partition coefficient (Wildman–Crippen LogP) is -0.213. The minimum Gasteiger partial charge on any atom is -0.390 e. The maximum atomic E-state index is 11.9. The van der Waals surface area contributed by atoms with E-state index >= 15 is 0 Å². The first-order chi connectivity index (χ1) is 12.6. The zero-order valence-electron chi connectivity index (χ0n) is 14.0. The minimum atomic E-state index is -5.68. The molecular formula is C10H17N2O13P3. The maximum Gasteiger partial charge on any atom is 0.490 e. The van der Waals surface area contributed by atoms with Crippen molar-refractivity contribution in [3.63, 3.8) is 0 Å². The Hall–Kier alpha value is -0.950. The van der Waals surface area contributed by atoms with Crippen molar-refractivity contribution in [1.29, 1.82) is 0 Å². The van der Waals surface area contributed by atoms with Crippen molar-refractivity contribution in [3.8, 4) is 0 Å². The van der Waals surface area contributed by atoms with Crippen LogP contribution in [0.4, 0.5) is 0 Å². The van der Waals surface area contributed by atoms with E-state index < -0.39 is 53.2 Å². The van der Waals surface area contributed by atoms with Crippen molar-refractivity contribution in [2.24, 2.45) is 0 Å². The Morgan fingerprint density at radius 1 is 1.14 bits per heavy atom. The average Bonchev–Trinajstić information content (AvgIpc) is 2.98. The van der Waals surface area contributed by atoms with E-state index in [1.165, 1.54) is 13.1 Å². The fourth-order valence-corrected chi connectivity index (χ4v) is 5.85. The third-order valence-corrected chi connectivity index (χ3v) is 7.51. The lowest BCUT2D eigenvalue weighted by Crippen LogP contribution is -2.22. The molecule has 1 aliphatic rings. The molecule has 0 amide bonds. The molecule has 18 heteroatoms. The molecular weight excluding hydrogens is 449 g/mol. The predicted molar refractivity (Wildman–Crippen MR) is 88.1 cm³/mol. The zero-order valence-corrected chi connectivity index (χ0v) is 16.7. The Labute approximate surface area is 156 Å². The first kappa shape index (κ1) is 23.3. The monoisotopic (exact) mass is 466 g/mol. The molecule has 160 valence electrons. The highest BCUT2D eigenvalue weighted by Gasteiger charge is 2.45. The topological polar surface area (TPSA) is 235 Å². The van der Waals surface area contributed by atoms with Gasteiger partial charge in [0.15, 0.2) is 5.78 Å². The summed E-state index contributed by atoms with van der Waals surface area (Å²) in [5.41, 5.74) is -0.655. The van der Waals surface area contributed by atoms with Crippen LogP contribution in [0.2, 0.25) is 0 Å². The molecule has 1 heterocycles. The number of rotatable bonds is 8. The molecule has 0 aromatic carbocycles. The van der Waals surface area contributed by atoms with E-state index in [0.29, 0.717) is 0 Å². The number of Topliss-reactive ketones (excluding diaryl/α,β-unsaturated/α-hetero) is 1. The number of imidazole rings is 1. The molecule has 6 N–H and O–H groups in total. The van der Waals surface area contributed by atoms with Gasteiger partial charge in [0.05, 0.1) is 12.2 Å². The Bertz CT molecular complexity index is 947. The summed E-state index contributed by atoms with van der Waals surface area (Å²) in [7, 11) is -16.6. The molecule has 0 saturated heterocycles. The summed E-state index contributed by atoms with van der Waals surface area (Å²) < 4.78 is 46.6. The summed E-state index contributed by atoms with van der Waals surface area (Å²) in [6, 6.07) is -0.746. The highest BCUT2D eigenvalue weighted by molar-refractivity contribution is 7.66. The summed E-state index contributed by atoms with van der Waals surface area (Å²) in [6.07, 6.45) is -2.00. The number of phosphoric ester groups is 1. The second-order valence-corrected chi connectivity index (χ2v) is 10.2. The fourth-order valence-electron chi connectivity index (χ4n) is 2.62. The van der Waals surface area contributed by atoms with Crippen LogP contribution in [0.3, 0.4) is 0 Å². The van der Waals surface area contributed by atoms with Crippen LogP contribution in [0, 0.1) is 0 Å². The molecule has 1 aromatic heterocycles. The van der Waals surface area contributed by atoms with Crippen molar-refractivity contribution in [1.82, 2.24) is 9.55 Å². The van der Waals surface area contributed by atoms with E-state index in [0.717, 1.165) is 4.57 Å². The van der Waals surface area contributed by atoms with Gasteiger partial charge >= 0.3 is 29.2 Å². The van der Waals surface area contributed by atoms with Crippen molar-refractivity contribution in [2.75, 3.05) is 0 Å². The summed E-state index contributed by atoms with van der Waals surface area (Å²) >= 11 is 0. The molecule has 1 fully saturated rings. The van der Waals surface area contributed by atoms with Gasteiger partial charge in [-0.2, -0.15) is 8.62 Å².